The van der Waals surface area contributed by atoms with Crippen molar-refractivity contribution < 1.29 is 0 Å². The molecular formula is C10H16N2S. The van der Waals surface area contributed by atoms with Crippen LogP contribution in [0, 0.1) is 11.8 Å². The van der Waals surface area contributed by atoms with Gasteiger partial charge in [-0.2, -0.15) is 0 Å². The van der Waals surface area contributed by atoms with E-state index in [1.807, 2.05) is 6.20 Å². The fraction of sp³-hybridized carbons (Fsp3) is 0.700. The van der Waals surface area contributed by atoms with Gasteiger partial charge in [0.25, 0.3) is 0 Å². The fourth-order valence-corrected chi connectivity index (χ4v) is 2.86. The highest BCUT2D eigenvalue weighted by atomic mass is 32.1. The average molecular weight is 196 g/mol. The van der Waals surface area contributed by atoms with Crippen LogP contribution in [0.1, 0.15) is 24.8 Å². The predicted molar refractivity (Wildman–Crippen MR) is 55.7 cm³/mol. The number of hydrogen-bond acceptors (Lipinski definition) is 3. The van der Waals surface area contributed by atoms with Gasteiger partial charge in [-0.1, -0.05) is 6.92 Å². The van der Waals surface area contributed by atoms with E-state index < -0.39 is 0 Å². The second kappa shape index (κ2) is 3.76. The lowest BCUT2D eigenvalue weighted by molar-refractivity contribution is 0.390. The largest absolute Gasteiger partial charge is 0.327 e. The lowest BCUT2D eigenvalue weighted by Gasteiger charge is -2.16. The summed E-state index contributed by atoms with van der Waals surface area (Å²) in [5, 5.41) is 3.32. The van der Waals surface area contributed by atoms with E-state index in [1.54, 1.807) is 11.3 Å². The second-order valence-corrected chi connectivity index (χ2v) is 4.97. The Morgan fingerprint density at radius 1 is 1.62 bits per heavy atom. The SMILES string of the molecule is CC1C(N)CCC1Cc1nccs1. The molecule has 1 aromatic rings. The summed E-state index contributed by atoms with van der Waals surface area (Å²) in [5.74, 6) is 1.44. The maximum Gasteiger partial charge on any atom is 0.0927 e. The van der Waals surface area contributed by atoms with Gasteiger partial charge >= 0.3 is 0 Å². The van der Waals surface area contributed by atoms with Gasteiger partial charge in [0.05, 0.1) is 5.01 Å². The molecule has 1 fully saturated rings. The second-order valence-electron chi connectivity index (χ2n) is 3.99. The third kappa shape index (κ3) is 1.92. The van der Waals surface area contributed by atoms with Crippen molar-refractivity contribution in [2.24, 2.45) is 17.6 Å². The van der Waals surface area contributed by atoms with Crippen LogP contribution >= 0.6 is 11.3 Å². The van der Waals surface area contributed by atoms with Crippen molar-refractivity contribution in [3.63, 3.8) is 0 Å². The number of nitrogens with zero attached hydrogens (tertiary/aromatic N) is 1. The summed E-state index contributed by atoms with van der Waals surface area (Å²) in [5.41, 5.74) is 5.98. The van der Waals surface area contributed by atoms with Crippen LogP contribution in [0.2, 0.25) is 0 Å². The van der Waals surface area contributed by atoms with E-state index >= 15 is 0 Å². The number of aromatic nitrogens is 1. The molecule has 0 aliphatic heterocycles. The van der Waals surface area contributed by atoms with E-state index in [1.165, 1.54) is 17.8 Å². The van der Waals surface area contributed by atoms with E-state index in [0.717, 1.165) is 12.3 Å². The van der Waals surface area contributed by atoms with Crippen LogP contribution in [0.4, 0.5) is 0 Å². The molecule has 3 unspecified atom stereocenters. The lowest BCUT2D eigenvalue weighted by atomic mass is 9.93. The molecule has 3 atom stereocenters. The summed E-state index contributed by atoms with van der Waals surface area (Å²) in [6.07, 6.45) is 5.49. The van der Waals surface area contributed by atoms with Crippen molar-refractivity contribution in [2.45, 2.75) is 32.2 Å². The van der Waals surface area contributed by atoms with Gasteiger partial charge in [-0.25, -0.2) is 4.98 Å². The van der Waals surface area contributed by atoms with Gasteiger partial charge < -0.3 is 5.73 Å². The molecule has 2 N–H and O–H groups in total. The summed E-state index contributed by atoms with van der Waals surface area (Å²) in [7, 11) is 0. The molecule has 1 aliphatic carbocycles. The Kier molecular flexibility index (Phi) is 2.65. The molecule has 0 bridgehead atoms. The zero-order valence-electron chi connectivity index (χ0n) is 7.94. The van der Waals surface area contributed by atoms with E-state index in [2.05, 4.69) is 17.3 Å². The fourth-order valence-electron chi connectivity index (χ4n) is 2.15. The standard InChI is InChI=1S/C10H16N2S/c1-7-8(2-3-9(7)11)6-10-12-4-5-13-10/h4-5,7-9H,2-3,6,11H2,1H3. The Labute approximate surface area is 83.2 Å². The van der Waals surface area contributed by atoms with Gasteiger partial charge in [0.2, 0.25) is 0 Å². The van der Waals surface area contributed by atoms with Gasteiger partial charge in [0, 0.05) is 24.0 Å². The molecule has 0 saturated heterocycles. The lowest BCUT2D eigenvalue weighted by Crippen LogP contribution is -2.25. The van der Waals surface area contributed by atoms with Crippen LogP contribution in [0.25, 0.3) is 0 Å². The van der Waals surface area contributed by atoms with Gasteiger partial charge in [-0.05, 0) is 24.7 Å². The van der Waals surface area contributed by atoms with Crippen LogP contribution in [0.5, 0.6) is 0 Å². The predicted octanol–water partition coefficient (Wildman–Crippen LogP) is 2.06. The van der Waals surface area contributed by atoms with Gasteiger partial charge in [0.15, 0.2) is 0 Å². The maximum absolute atomic E-state index is 5.98. The summed E-state index contributed by atoms with van der Waals surface area (Å²) in [6, 6.07) is 0.421. The molecule has 72 valence electrons. The molecule has 2 nitrogen and oxygen atoms in total. The smallest absolute Gasteiger partial charge is 0.0927 e. The molecule has 3 heteroatoms. The zero-order valence-corrected chi connectivity index (χ0v) is 8.76. The Hall–Kier alpha value is -0.410. The summed E-state index contributed by atoms with van der Waals surface area (Å²) >= 11 is 1.76. The molecule has 0 amide bonds. The third-order valence-corrected chi connectivity index (χ3v) is 4.01. The van der Waals surface area contributed by atoms with Crippen molar-refractivity contribution >= 4 is 11.3 Å². The van der Waals surface area contributed by atoms with Crippen molar-refractivity contribution in [1.82, 2.24) is 4.98 Å². The molecule has 13 heavy (non-hydrogen) atoms. The van der Waals surface area contributed by atoms with E-state index in [0.29, 0.717) is 12.0 Å². The summed E-state index contributed by atoms with van der Waals surface area (Å²) in [4.78, 5) is 4.32. The van der Waals surface area contributed by atoms with Crippen molar-refractivity contribution in [3.8, 4) is 0 Å². The normalized spacial score (nSPS) is 33.8. The molecule has 2 rings (SSSR count). The Balaban J connectivity index is 1.96. The first kappa shape index (κ1) is 9.16. The minimum Gasteiger partial charge on any atom is -0.327 e. The highest BCUT2D eigenvalue weighted by molar-refractivity contribution is 7.09. The summed E-state index contributed by atoms with van der Waals surface area (Å²) in [6.45, 7) is 2.27. The minimum atomic E-state index is 0.421. The first-order chi connectivity index (χ1) is 6.27. The van der Waals surface area contributed by atoms with Crippen LogP contribution < -0.4 is 5.73 Å². The van der Waals surface area contributed by atoms with Gasteiger partial charge in [0.1, 0.15) is 0 Å². The first-order valence-electron chi connectivity index (χ1n) is 4.91. The molecule has 0 radical (unpaired) electrons. The summed E-state index contributed by atoms with van der Waals surface area (Å²) < 4.78 is 0. The topological polar surface area (TPSA) is 38.9 Å². The highest BCUT2D eigenvalue weighted by Crippen LogP contribution is 2.33. The minimum absolute atomic E-state index is 0.421. The Bertz CT molecular complexity index is 258. The van der Waals surface area contributed by atoms with Crippen LogP contribution in [0.15, 0.2) is 11.6 Å². The average Bonchev–Trinajstić information content (AvgIpc) is 2.71. The van der Waals surface area contributed by atoms with E-state index in [4.69, 9.17) is 5.73 Å². The van der Waals surface area contributed by atoms with Gasteiger partial charge in [-0.15, -0.1) is 11.3 Å². The Morgan fingerprint density at radius 3 is 3.00 bits per heavy atom. The first-order valence-corrected chi connectivity index (χ1v) is 5.79. The number of hydrogen-bond donors (Lipinski definition) is 1. The van der Waals surface area contributed by atoms with Gasteiger partial charge in [-0.3, -0.25) is 0 Å². The molecule has 1 heterocycles. The van der Waals surface area contributed by atoms with Crippen molar-refractivity contribution in [3.05, 3.63) is 16.6 Å². The molecular weight excluding hydrogens is 180 g/mol. The van der Waals surface area contributed by atoms with Crippen LogP contribution in [0.3, 0.4) is 0 Å². The van der Waals surface area contributed by atoms with E-state index in [9.17, 15) is 0 Å². The number of thiazole rings is 1. The maximum atomic E-state index is 5.98. The van der Waals surface area contributed by atoms with Crippen molar-refractivity contribution in [2.75, 3.05) is 0 Å². The van der Waals surface area contributed by atoms with Crippen LogP contribution in [-0.2, 0) is 6.42 Å². The molecule has 1 aliphatic rings. The van der Waals surface area contributed by atoms with E-state index in [-0.39, 0.29) is 0 Å². The zero-order chi connectivity index (χ0) is 9.26. The van der Waals surface area contributed by atoms with Crippen LogP contribution in [-0.4, -0.2) is 11.0 Å². The molecule has 0 spiro atoms. The Morgan fingerprint density at radius 2 is 2.46 bits per heavy atom. The number of nitrogens with two attached hydrogens (primary N) is 1. The molecule has 1 saturated carbocycles. The molecule has 1 aromatic heterocycles. The third-order valence-electron chi connectivity index (χ3n) is 3.21. The quantitative estimate of drug-likeness (QED) is 0.786. The monoisotopic (exact) mass is 196 g/mol. The number of rotatable bonds is 2. The van der Waals surface area contributed by atoms with Crippen molar-refractivity contribution in [1.29, 1.82) is 0 Å². The highest BCUT2D eigenvalue weighted by Gasteiger charge is 2.30. The molecule has 0 aromatic carbocycles.